The van der Waals surface area contributed by atoms with Gasteiger partial charge in [0.05, 0.1) is 0 Å². The first-order valence-electron chi connectivity index (χ1n) is 3.73. The van der Waals surface area contributed by atoms with E-state index < -0.39 is 0 Å². The molecule has 0 N–H and O–H groups in total. The summed E-state index contributed by atoms with van der Waals surface area (Å²) in [5.41, 5.74) is 0. The number of benzene rings is 1. The van der Waals surface area contributed by atoms with E-state index in [1.54, 1.807) is 0 Å². The third-order valence-electron chi connectivity index (χ3n) is 1.20. The minimum absolute atomic E-state index is 0. The molecule has 0 atom stereocenters. The molecule has 1 aliphatic rings. The number of para-hydroxylation sites is 2. The molecule has 9 heteroatoms. The fourth-order valence-corrected chi connectivity index (χ4v) is 0.773. The van der Waals surface area contributed by atoms with E-state index >= 15 is 0 Å². The Morgan fingerprint density at radius 3 is 1.15 bits per heavy atom. The van der Waals surface area contributed by atoms with E-state index in [0.717, 1.165) is 11.5 Å². The smallest absolute Gasteiger partial charge is 0 e. The number of hydrogen-bond acceptors (Lipinski definition) is 2. The third kappa shape index (κ3) is 16.2. The normalized spacial score (nSPS) is 6.30. The van der Waals surface area contributed by atoms with Crippen molar-refractivity contribution in [1.82, 2.24) is 0 Å². The molecule has 0 aliphatic carbocycles. The molecule has 100 valence electrons. The van der Waals surface area contributed by atoms with Crippen LogP contribution in [0.5, 0.6) is 11.5 Å². The maximum Gasteiger partial charge on any atom is 0 e. The Labute approximate surface area is 130 Å². The van der Waals surface area contributed by atoms with Crippen LogP contribution in [0.2, 0.25) is 0 Å². The van der Waals surface area contributed by atoms with Crippen LogP contribution >= 0.6 is 0 Å². The second-order valence-corrected chi connectivity index (χ2v) is 1.78. The first-order chi connectivity index (χ1) is 9.47. The van der Waals surface area contributed by atoms with E-state index in [0.29, 0.717) is 0 Å². The van der Waals surface area contributed by atoms with Gasteiger partial charge in [0, 0.05) is 20.4 Å². The molecule has 7 nitrogen and oxygen atoms in total. The van der Waals surface area contributed by atoms with Gasteiger partial charge in [0.1, 0.15) is 11.5 Å². The van der Waals surface area contributed by atoms with Crippen molar-refractivity contribution in [2.24, 2.45) is 0 Å². The van der Waals surface area contributed by atoms with Crippen molar-refractivity contribution in [3.63, 3.8) is 0 Å². The van der Waals surface area contributed by atoms with Gasteiger partial charge < -0.3 is 9.31 Å². The molecule has 20 heavy (non-hydrogen) atoms. The van der Waals surface area contributed by atoms with Crippen LogP contribution in [-0.4, -0.2) is 7.69 Å². The zero-order valence-corrected chi connectivity index (χ0v) is 12.3. The van der Waals surface area contributed by atoms with Crippen molar-refractivity contribution in [2.45, 2.75) is 0 Å². The van der Waals surface area contributed by atoms with Crippen LogP contribution in [0.25, 0.3) is 0 Å². The maximum absolute atomic E-state index is 7.50. The molecule has 0 spiro atoms. The maximum atomic E-state index is 7.50. The molecular formula is C11H4BO7Re. The zero-order valence-electron chi connectivity index (χ0n) is 9.62. The topological polar surface area (TPSA) is 118 Å². The molecule has 0 unspecified atom stereocenters. The molecule has 1 aromatic rings. The van der Waals surface area contributed by atoms with E-state index in [-0.39, 0.29) is 20.4 Å². The fourth-order valence-electron chi connectivity index (χ4n) is 0.773. The van der Waals surface area contributed by atoms with E-state index in [1.807, 2.05) is 24.3 Å². The van der Waals surface area contributed by atoms with E-state index in [9.17, 15) is 0 Å². The van der Waals surface area contributed by atoms with Crippen molar-refractivity contribution in [3.05, 3.63) is 57.5 Å². The van der Waals surface area contributed by atoms with Gasteiger partial charge in [-0.25, -0.2) is 0 Å². The predicted molar refractivity (Wildman–Crippen MR) is 53.1 cm³/mol. The van der Waals surface area contributed by atoms with Crippen molar-refractivity contribution in [3.8, 4) is 11.5 Å². The standard InChI is InChI=1S/C6H4BO2.5CO.Re/c1-2-4-6-5(3-1)8-7-9-6;5*1-2;/h1-4H;;;;;;. The van der Waals surface area contributed by atoms with Gasteiger partial charge in [0.25, 0.3) is 0 Å². The summed E-state index contributed by atoms with van der Waals surface area (Å²) in [4.78, 5) is 0. The van der Waals surface area contributed by atoms with Crippen molar-refractivity contribution < 1.29 is 53.0 Å². The summed E-state index contributed by atoms with van der Waals surface area (Å²) in [6, 6.07) is 7.53. The molecule has 2 radical (unpaired) electrons. The summed E-state index contributed by atoms with van der Waals surface area (Å²) in [6.07, 6.45) is 0. The zero-order chi connectivity index (χ0) is 16.1. The first kappa shape index (κ1) is 30.9. The molecule has 1 aromatic carbocycles. The van der Waals surface area contributed by atoms with Crippen molar-refractivity contribution >= 4 is 7.69 Å². The second kappa shape index (κ2) is 36.0. The Hall–Kier alpha value is -1.75. The average Bonchev–Trinajstić information content (AvgIpc) is 3.05. The van der Waals surface area contributed by atoms with Crippen molar-refractivity contribution in [1.29, 1.82) is 0 Å². The van der Waals surface area contributed by atoms with Crippen LogP contribution in [0.3, 0.4) is 0 Å². The Bertz CT molecular complexity index is 353. The van der Waals surface area contributed by atoms with Gasteiger partial charge in [-0.15, -0.1) is 0 Å². The molecule has 0 bridgehead atoms. The van der Waals surface area contributed by atoms with Crippen LogP contribution in [0.4, 0.5) is 0 Å². The number of fused-ring (bicyclic) bond motifs is 1. The van der Waals surface area contributed by atoms with Crippen LogP contribution in [0.15, 0.2) is 24.3 Å². The number of hydrogen-bond donors (Lipinski definition) is 0. The molecule has 0 saturated carbocycles. The summed E-state index contributed by atoms with van der Waals surface area (Å²) in [5.74, 6) is 1.58. The van der Waals surface area contributed by atoms with Crippen LogP contribution in [0.1, 0.15) is 0 Å². The average molecular weight is 445 g/mol. The third-order valence-corrected chi connectivity index (χ3v) is 1.20. The van der Waals surface area contributed by atoms with Gasteiger partial charge in [-0.2, -0.15) is 0 Å². The summed E-state index contributed by atoms with van der Waals surface area (Å²) >= 11 is 0. The molecule has 2 rings (SSSR count). The van der Waals surface area contributed by atoms with Gasteiger partial charge in [-0.1, -0.05) is 12.1 Å². The van der Waals surface area contributed by atoms with Crippen molar-refractivity contribution in [2.75, 3.05) is 0 Å². The van der Waals surface area contributed by atoms with Gasteiger partial charge in [-0.3, -0.25) is 0 Å². The summed E-state index contributed by atoms with van der Waals surface area (Å²) in [7, 11) is 1.32. The Kier molecular flexibility index (Phi) is 55.7. The fraction of sp³-hybridized carbons (Fsp3) is 0. The molecule has 0 aromatic heterocycles. The van der Waals surface area contributed by atoms with Crippen LogP contribution < -0.4 is 9.31 Å². The van der Waals surface area contributed by atoms with Gasteiger partial charge in [0.15, 0.2) is 0 Å². The summed E-state index contributed by atoms with van der Waals surface area (Å²) < 4.78 is 47.4. The Morgan fingerprint density at radius 1 is 0.650 bits per heavy atom. The summed E-state index contributed by atoms with van der Waals surface area (Å²) in [5, 5.41) is 0. The van der Waals surface area contributed by atoms with E-state index in [4.69, 9.17) is 32.6 Å². The van der Waals surface area contributed by atoms with Gasteiger partial charge in [-0.05, 0) is 12.1 Å². The van der Waals surface area contributed by atoms with E-state index in [1.165, 1.54) is 7.69 Å². The molecule has 1 heterocycles. The minimum atomic E-state index is 0. The molecular weight excluding hydrogens is 441 g/mol. The SMILES string of the molecule is [B]1Oc2ccccc2O1.[C-]#[O+].[C-]#[O+].[C-]#[O+].[C-]#[O+].[C-]#[O+].[Re]. The first-order valence-corrected chi connectivity index (χ1v) is 3.73. The molecule has 0 fully saturated rings. The Morgan fingerprint density at radius 2 is 0.900 bits per heavy atom. The molecule has 0 amide bonds. The predicted octanol–water partition coefficient (Wildman–Crippen LogP) is 0.802. The second-order valence-electron chi connectivity index (χ2n) is 1.78. The number of rotatable bonds is 0. The largest absolute Gasteiger partial charge is 0 e. The molecule has 1 aliphatic heterocycles. The summed E-state index contributed by atoms with van der Waals surface area (Å²) in [6.45, 7) is 22.5. The monoisotopic (exact) mass is 446 g/mol. The van der Waals surface area contributed by atoms with Crippen LogP contribution in [-0.2, 0) is 43.7 Å². The minimum Gasteiger partial charge on any atom is 0 e. The quantitative estimate of drug-likeness (QED) is 0.334. The Balaban J connectivity index is -0.0000000593. The van der Waals surface area contributed by atoms with Crippen LogP contribution in [0, 0.1) is 33.3 Å². The van der Waals surface area contributed by atoms with Gasteiger partial charge >= 0.3 is 64.2 Å². The van der Waals surface area contributed by atoms with E-state index in [2.05, 4.69) is 33.3 Å². The molecule has 0 saturated heterocycles. The van der Waals surface area contributed by atoms with Gasteiger partial charge in [0.2, 0.25) is 0 Å².